The summed E-state index contributed by atoms with van der Waals surface area (Å²) in [6, 6.07) is 11.2. The number of hydrogen-bond acceptors (Lipinski definition) is 5. The zero-order valence-corrected chi connectivity index (χ0v) is 12.2. The van der Waals surface area contributed by atoms with Crippen LogP contribution in [0.5, 0.6) is 11.5 Å². The Morgan fingerprint density at radius 3 is 2.86 bits per heavy atom. The van der Waals surface area contributed by atoms with Crippen molar-refractivity contribution in [3.8, 4) is 11.5 Å². The number of nitrogens with zero attached hydrogens (tertiary/aromatic N) is 1. The van der Waals surface area contributed by atoms with Crippen LogP contribution in [0.3, 0.4) is 0 Å². The summed E-state index contributed by atoms with van der Waals surface area (Å²) in [4.78, 5) is 13.1. The van der Waals surface area contributed by atoms with Gasteiger partial charge in [-0.15, -0.1) is 11.3 Å². The van der Waals surface area contributed by atoms with Gasteiger partial charge in [-0.05, 0) is 30.5 Å². The number of ether oxygens (including phenoxy) is 2. The molecule has 0 aliphatic carbocycles. The van der Waals surface area contributed by atoms with E-state index in [1.807, 2.05) is 42.6 Å². The highest BCUT2D eigenvalue weighted by molar-refractivity contribution is 7.12. The predicted octanol–water partition coefficient (Wildman–Crippen LogP) is 2.43. The number of amides is 1. The van der Waals surface area contributed by atoms with Gasteiger partial charge in [0.15, 0.2) is 11.5 Å². The molecule has 0 spiro atoms. The van der Waals surface area contributed by atoms with E-state index in [9.17, 15) is 4.79 Å². The van der Waals surface area contributed by atoms with Crippen molar-refractivity contribution >= 4 is 23.0 Å². The highest BCUT2D eigenvalue weighted by Gasteiger charge is 2.27. The number of benzene rings is 1. The number of nitrogens with one attached hydrogen (secondary N) is 1. The van der Waals surface area contributed by atoms with Crippen LogP contribution in [0.4, 0.5) is 0 Å². The van der Waals surface area contributed by atoms with Gasteiger partial charge in [-0.2, -0.15) is 5.10 Å². The maximum absolute atomic E-state index is 12.1. The minimum absolute atomic E-state index is 0.177. The van der Waals surface area contributed by atoms with Crippen molar-refractivity contribution in [2.75, 3.05) is 6.61 Å². The molecule has 0 radical (unpaired) electrons. The SMILES string of the molecule is C/C(=N/NC(=O)[C@H]1COc2ccccc2O1)c1cccs1. The molecule has 1 N–H and O–H groups in total. The molecular weight excluding hydrogens is 288 g/mol. The monoisotopic (exact) mass is 302 g/mol. The lowest BCUT2D eigenvalue weighted by molar-refractivity contribution is -0.130. The molecule has 0 unspecified atom stereocenters. The second-order valence-electron chi connectivity index (χ2n) is 4.51. The standard InChI is InChI=1S/C15H14N2O3S/c1-10(14-7-4-8-21-14)16-17-15(18)13-9-19-11-5-2-3-6-12(11)20-13/h2-8,13H,9H2,1H3,(H,17,18)/b16-10-/t13-/m1/s1. The van der Waals surface area contributed by atoms with Crippen LogP contribution in [-0.2, 0) is 4.79 Å². The van der Waals surface area contributed by atoms with Gasteiger partial charge in [-0.1, -0.05) is 18.2 Å². The third-order valence-corrected chi connectivity index (χ3v) is 3.99. The Hall–Kier alpha value is -2.34. The van der Waals surface area contributed by atoms with Gasteiger partial charge in [0.2, 0.25) is 6.10 Å². The van der Waals surface area contributed by atoms with E-state index < -0.39 is 6.10 Å². The van der Waals surface area contributed by atoms with Crippen molar-refractivity contribution in [1.29, 1.82) is 0 Å². The fraction of sp³-hybridized carbons (Fsp3) is 0.200. The van der Waals surface area contributed by atoms with Crippen molar-refractivity contribution in [2.45, 2.75) is 13.0 Å². The summed E-state index contributed by atoms with van der Waals surface area (Å²) in [6.45, 7) is 2.02. The van der Waals surface area contributed by atoms with Gasteiger partial charge in [-0.3, -0.25) is 4.79 Å². The number of thiophene rings is 1. The molecule has 0 saturated carbocycles. The van der Waals surface area contributed by atoms with Crippen LogP contribution in [-0.4, -0.2) is 24.3 Å². The van der Waals surface area contributed by atoms with Gasteiger partial charge in [0.1, 0.15) is 6.61 Å². The smallest absolute Gasteiger partial charge is 0.284 e. The Morgan fingerprint density at radius 2 is 2.10 bits per heavy atom. The lowest BCUT2D eigenvalue weighted by Gasteiger charge is -2.24. The van der Waals surface area contributed by atoms with E-state index in [2.05, 4.69) is 10.5 Å². The lowest BCUT2D eigenvalue weighted by Crippen LogP contribution is -2.42. The molecule has 0 fully saturated rings. The predicted molar refractivity (Wildman–Crippen MR) is 81.0 cm³/mol. The molecule has 5 nitrogen and oxygen atoms in total. The summed E-state index contributed by atoms with van der Waals surface area (Å²) < 4.78 is 11.1. The van der Waals surface area contributed by atoms with E-state index in [-0.39, 0.29) is 12.5 Å². The fourth-order valence-corrected chi connectivity index (χ4v) is 2.58. The van der Waals surface area contributed by atoms with Crippen LogP contribution in [0.2, 0.25) is 0 Å². The van der Waals surface area contributed by atoms with Crippen molar-refractivity contribution in [3.05, 3.63) is 46.7 Å². The fourth-order valence-electron chi connectivity index (χ4n) is 1.90. The van der Waals surface area contributed by atoms with E-state index in [4.69, 9.17) is 9.47 Å². The zero-order chi connectivity index (χ0) is 14.7. The second kappa shape index (κ2) is 5.97. The van der Waals surface area contributed by atoms with Gasteiger partial charge in [0.25, 0.3) is 5.91 Å². The molecule has 2 heterocycles. The molecule has 0 bridgehead atoms. The molecule has 6 heteroatoms. The van der Waals surface area contributed by atoms with Crippen molar-refractivity contribution in [3.63, 3.8) is 0 Å². The Morgan fingerprint density at radius 1 is 1.29 bits per heavy atom. The number of para-hydroxylation sites is 2. The number of hydrazone groups is 1. The third-order valence-electron chi connectivity index (χ3n) is 3.01. The van der Waals surface area contributed by atoms with Gasteiger partial charge in [0.05, 0.1) is 5.71 Å². The summed E-state index contributed by atoms with van der Waals surface area (Å²) in [7, 11) is 0. The maximum Gasteiger partial charge on any atom is 0.284 e. The summed E-state index contributed by atoms with van der Waals surface area (Å²) in [5, 5.41) is 6.05. The van der Waals surface area contributed by atoms with Gasteiger partial charge in [0, 0.05) is 4.88 Å². The first-order valence-corrected chi connectivity index (χ1v) is 7.38. The Balaban J connectivity index is 1.63. The number of fused-ring (bicyclic) bond motifs is 1. The van der Waals surface area contributed by atoms with Crippen LogP contribution in [0.1, 0.15) is 11.8 Å². The molecule has 21 heavy (non-hydrogen) atoms. The average Bonchev–Trinajstić information content (AvgIpc) is 3.06. The van der Waals surface area contributed by atoms with Crippen molar-refractivity contribution in [1.82, 2.24) is 5.43 Å². The molecule has 1 aliphatic heterocycles. The lowest BCUT2D eigenvalue weighted by atomic mass is 10.2. The van der Waals surface area contributed by atoms with Crippen LogP contribution in [0, 0.1) is 0 Å². The van der Waals surface area contributed by atoms with Gasteiger partial charge in [-0.25, -0.2) is 5.43 Å². The summed E-state index contributed by atoms with van der Waals surface area (Å²) >= 11 is 1.57. The molecule has 2 aromatic rings. The molecule has 3 rings (SSSR count). The molecule has 1 amide bonds. The molecule has 1 aromatic carbocycles. The van der Waals surface area contributed by atoms with E-state index in [0.717, 1.165) is 10.6 Å². The highest BCUT2D eigenvalue weighted by atomic mass is 32.1. The summed E-state index contributed by atoms with van der Waals surface area (Å²) in [5.74, 6) is 0.906. The second-order valence-corrected chi connectivity index (χ2v) is 5.46. The van der Waals surface area contributed by atoms with Gasteiger partial charge < -0.3 is 9.47 Å². The van der Waals surface area contributed by atoms with Gasteiger partial charge >= 0.3 is 0 Å². The largest absolute Gasteiger partial charge is 0.485 e. The number of rotatable bonds is 3. The van der Waals surface area contributed by atoms with E-state index in [1.165, 1.54) is 0 Å². The van der Waals surface area contributed by atoms with E-state index >= 15 is 0 Å². The molecule has 108 valence electrons. The molecular formula is C15H14N2O3S. The minimum atomic E-state index is -0.695. The topological polar surface area (TPSA) is 59.9 Å². The maximum atomic E-state index is 12.1. The molecule has 1 atom stereocenters. The Bertz CT molecular complexity index is 667. The average molecular weight is 302 g/mol. The Labute approximate surface area is 126 Å². The zero-order valence-electron chi connectivity index (χ0n) is 11.4. The summed E-state index contributed by atoms with van der Waals surface area (Å²) in [6.07, 6.45) is -0.695. The van der Waals surface area contributed by atoms with Crippen LogP contribution in [0.25, 0.3) is 0 Å². The normalized spacial score (nSPS) is 17.4. The highest BCUT2D eigenvalue weighted by Crippen LogP contribution is 2.30. The molecule has 0 saturated heterocycles. The van der Waals surface area contributed by atoms with E-state index in [0.29, 0.717) is 11.5 Å². The molecule has 1 aliphatic rings. The quantitative estimate of drug-likeness (QED) is 0.700. The number of hydrogen-bond donors (Lipinski definition) is 1. The number of carbonyl (C=O) groups excluding carboxylic acids is 1. The first-order chi connectivity index (χ1) is 10.2. The van der Waals surface area contributed by atoms with Crippen molar-refractivity contribution in [2.24, 2.45) is 5.10 Å². The molecule has 1 aromatic heterocycles. The van der Waals surface area contributed by atoms with Crippen LogP contribution >= 0.6 is 11.3 Å². The third kappa shape index (κ3) is 3.05. The Kier molecular flexibility index (Phi) is 3.87. The minimum Gasteiger partial charge on any atom is -0.485 e. The number of carbonyl (C=O) groups is 1. The van der Waals surface area contributed by atoms with Crippen LogP contribution < -0.4 is 14.9 Å². The van der Waals surface area contributed by atoms with E-state index in [1.54, 1.807) is 17.4 Å². The summed E-state index contributed by atoms with van der Waals surface area (Å²) in [5.41, 5.74) is 3.28. The van der Waals surface area contributed by atoms with Crippen molar-refractivity contribution < 1.29 is 14.3 Å². The van der Waals surface area contributed by atoms with Crippen LogP contribution in [0.15, 0.2) is 46.9 Å². The first-order valence-electron chi connectivity index (χ1n) is 6.50. The first kappa shape index (κ1) is 13.6.